The molecule has 0 aliphatic rings. The summed E-state index contributed by atoms with van der Waals surface area (Å²) in [6.07, 6.45) is -4.43. The Morgan fingerprint density at radius 2 is 1.52 bits per heavy atom. The summed E-state index contributed by atoms with van der Waals surface area (Å²) >= 11 is 0. The van der Waals surface area contributed by atoms with Gasteiger partial charge in [0.2, 0.25) is 0 Å². The molecule has 0 spiro atoms. The Morgan fingerprint density at radius 1 is 0.826 bits per heavy atom. The fourth-order valence-corrected chi connectivity index (χ4v) is 2.23. The van der Waals surface area contributed by atoms with Crippen molar-refractivity contribution in [1.82, 2.24) is 9.97 Å². The van der Waals surface area contributed by atoms with Gasteiger partial charge in [0.1, 0.15) is 0 Å². The van der Waals surface area contributed by atoms with Crippen LogP contribution in [0.2, 0.25) is 0 Å². The van der Waals surface area contributed by atoms with Gasteiger partial charge >= 0.3 is 6.18 Å². The quantitative estimate of drug-likeness (QED) is 0.579. The first-order valence-corrected chi connectivity index (χ1v) is 7.36. The number of para-hydroxylation sites is 1. The lowest BCUT2D eigenvalue weighted by molar-refractivity contribution is -0.136. The molecule has 2 nitrogen and oxygen atoms in total. The summed E-state index contributed by atoms with van der Waals surface area (Å²) in [5.74, 6) is 0. The monoisotopic (exact) mass is 318 g/mol. The Morgan fingerprint density at radius 3 is 2.17 bits per heavy atom. The number of nitrogens with zero attached hydrogens (tertiary/aromatic N) is 2. The summed E-state index contributed by atoms with van der Waals surface area (Å²) in [7, 11) is 0. The normalized spacial score (nSPS) is 11.0. The van der Waals surface area contributed by atoms with Gasteiger partial charge in [-0.25, -0.2) is 4.98 Å². The van der Waals surface area contributed by atoms with E-state index in [9.17, 15) is 13.2 Å². The zero-order valence-corrected chi connectivity index (χ0v) is 13.1. The van der Waals surface area contributed by atoms with Gasteiger partial charge in [0.15, 0.2) is 0 Å². The average Bonchev–Trinajstić information content (AvgIpc) is 2.55. The molecule has 0 saturated carbocycles. The van der Waals surface area contributed by atoms with Gasteiger partial charge < -0.3 is 0 Å². The van der Waals surface area contributed by atoms with Gasteiger partial charge in [-0.05, 0) is 31.2 Å². The van der Waals surface area contributed by atoms with Crippen LogP contribution < -0.4 is 0 Å². The van der Waals surface area contributed by atoms with Gasteiger partial charge in [0.05, 0.1) is 22.5 Å². The molecule has 0 radical (unpaired) electrons. The van der Waals surface area contributed by atoms with Crippen molar-refractivity contribution < 1.29 is 13.2 Å². The minimum absolute atomic E-state index is 0.0985. The molecule has 120 valence electrons. The largest absolute Gasteiger partial charge is 0.417 e. The fourth-order valence-electron chi connectivity index (χ4n) is 2.23. The molecule has 5 heteroatoms. The molecule has 2 aromatic heterocycles. The fraction of sp³-hybridized carbons (Fsp3) is 0.222. The first-order valence-electron chi connectivity index (χ1n) is 7.36. The number of hydrogen-bond donors (Lipinski definition) is 0. The maximum absolute atomic E-state index is 13.2. The minimum Gasteiger partial charge on any atom is -0.251 e. The van der Waals surface area contributed by atoms with Crippen LogP contribution in [0, 0.1) is 6.92 Å². The number of aromatic nitrogens is 2. The van der Waals surface area contributed by atoms with Crippen molar-refractivity contribution in [3.05, 3.63) is 59.8 Å². The van der Waals surface area contributed by atoms with Crippen molar-refractivity contribution in [2.75, 3.05) is 0 Å². The second kappa shape index (κ2) is 6.77. The molecule has 23 heavy (non-hydrogen) atoms. The third-order valence-electron chi connectivity index (χ3n) is 3.17. The predicted octanol–water partition coefficient (Wildman–Crippen LogP) is 5.65. The van der Waals surface area contributed by atoms with Gasteiger partial charge in [-0.3, -0.25) is 4.98 Å². The minimum atomic E-state index is -4.43. The van der Waals surface area contributed by atoms with E-state index in [1.165, 1.54) is 6.07 Å². The molecule has 1 aromatic carbocycles. The number of benzene rings is 1. The molecule has 0 atom stereocenters. The molecule has 0 aliphatic heterocycles. The van der Waals surface area contributed by atoms with E-state index in [1.807, 2.05) is 13.8 Å². The number of aryl methyl sites for hydroxylation is 1. The number of rotatable bonds is 1. The smallest absolute Gasteiger partial charge is 0.251 e. The molecule has 2 heterocycles. The van der Waals surface area contributed by atoms with Gasteiger partial charge in [0.25, 0.3) is 0 Å². The summed E-state index contributed by atoms with van der Waals surface area (Å²) in [5.41, 5.74) is 1.02. The summed E-state index contributed by atoms with van der Waals surface area (Å²) in [6.45, 7) is 5.79. The second-order valence-electron chi connectivity index (χ2n) is 4.73. The first-order chi connectivity index (χ1) is 10.9. The number of pyridine rings is 2. The SMILES string of the molecule is CC.Cc1cccc(-c2cc(C(F)(F)F)c3ccccc3n2)n1. The van der Waals surface area contributed by atoms with Crippen LogP contribution >= 0.6 is 0 Å². The maximum Gasteiger partial charge on any atom is 0.417 e. The van der Waals surface area contributed by atoms with Crippen molar-refractivity contribution in [2.45, 2.75) is 26.9 Å². The lowest BCUT2D eigenvalue weighted by atomic mass is 10.1. The Hall–Kier alpha value is -2.43. The van der Waals surface area contributed by atoms with Crippen LogP contribution in [0.4, 0.5) is 13.2 Å². The van der Waals surface area contributed by atoms with E-state index < -0.39 is 11.7 Å². The van der Waals surface area contributed by atoms with Crippen LogP contribution in [0.15, 0.2) is 48.5 Å². The molecule has 0 N–H and O–H groups in total. The van der Waals surface area contributed by atoms with Crippen LogP contribution in [0.3, 0.4) is 0 Å². The third-order valence-corrected chi connectivity index (χ3v) is 3.17. The second-order valence-corrected chi connectivity index (χ2v) is 4.73. The Bertz CT molecular complexity index is 811. The first kappa shape index (κ1) is 16.9. The summed E-state index contributed by atoms with van der Waals surface area (Å²) in [5, 5.41) is 0.0985. The summed E-state index contributed by atoms with van der Waals surface area (Å²) in [6, 6.07) is 12.5. The lowest BCUT2D eigenvalue weighted by Crippen LogP contribution is -2.07. The summed E-state index contributed by atoms with van der Waals surface area (Å²) in [4.78, 5) is 8.54. The van der Waals surface area contributed by atoms with Crippen molar-refractivity contribution in [3.8, 4) is 11.4 Å². The Balaban J connectivity index is 0.000000924. The standard InChI is InChI=1S/C16H11F3N2.C2H6/c1-10-5-4-8-14(20-10)15-9-12(16(17,18)19)11-6-2-3-7-13(11)21-15;1-2/h2-9H,1H3;1-2H3. The molecule has 0 amide bonds. The number of alkyl halides is 3. The van der Waals surface area contributed by atoms with E-state index in [2.05, 4.69) is 9.97 Å². The van der Waals surface area contributed by atoms with E-state index in [-0.39, 0.29) is 11.1 Å². The molecular weight excluding hydrogens is 301 g/mol. The molecule has 3 rings (SSSR count). The third kappa shape index (κ3) is 3.67. The Labute approximate surface area is 133 Å². The number of fused-ring (bicyclic) bond motifs is 1. The van der Waals surface area contributed by atoms with E-state index >= 15 is 0 Å². The van der Waals surface area contributed by atoms with Crippen LogP contribution in [0.1, 0.15) is 25.1 Å². The highest BCUT2D eigenvalue weighted by Gasteiger charge is 2.33. The van der Waals surface area contributed by atoms with Crippen LogP contribution in [-0.4, -0.2) is 9.97 Å². The Kier molecular flexibility index (Phi) is 4.98. The zero-order valence-electron chi connectivity index (χ0n) is 13.1. The molecule has 0 fully saturated rings. The van der Waals surface area contributed by atoms with E-state index in [0.29, 0.717) is 11.2 Å². The van der Waals surface area contributed by atoms with E-state index in [1.54, 1.807) is 43.3 Å². The van der Waals surface area contributed by atoms with Gasteiger partial charge in [-0.1, -0.05) is 38.1 Å². The van der Waals surface area contributed by atoms with Crippen molar-refractivity contribution in [2.24, 2.45) is 0 Å². The molecule has 0 aliphatic carbocycles. The number of hydrogen-bond acceptors (Lipinski definition) is 2. The van der Waals surface area contributed by atoms with Crippen LogP contribution in [0.5, 0.6) is 0 Å². The maximum atomic E-state index is 13.2. The topological polar surface area (TPSA) is 25.8 Å². The van der Waals surface area contributed by atoms with Crippen molar-refractivity contribution in [3.63, 3.8) is 0 Å². The molecule has 3 aromatic rings. The predicted molar refractivity (Wildman–Crippen MR) is 86.1 cm³/mol. The van der Waals surface area contributed by atoms with E-state index in [4.69, 9.17) is 0 Å². The highest BCUT2D eigenvalue weighted by atomic mass is 19.4. The van der Waals surface area contributed by atoms with Gasteiger partial charge in [0, 0.05) is 11.1 Å². The highest BCUT2D eigenvalue weighted by Crippen LogP contribution is 2.36. The van der Waals surface area contributed by atoms with Gasteiger partial charge in [-0.15, -0.1) is 0 Å². The van der Waals surface area contributed by atoms with E-state index in [0.717, 1.165) is 11.8 Å². The molecule has 0 saturated heterocycles. The highest BCUT2D eigenvalue weighted by molar-refractivity contribution is 5.85. The van der Waals surface area contributed by atoms with Crippen molar-refractivity contribution >= 4 is 10.9 Å². The van der Waals surface area contributed by atoms with Crippen LogP contribution in [0.25, 0.3) is 22.3 Å². The lowest BCUT2D eigenvalue weighted by Gasteiger charge is -2.12. The van der Waals surface area contributed by atoms with Crippen molar-refractivity contribution in [1.29, 1.82) is 0 Å². The van der Waals surface area contributed by atoms with Gasteiger partial charge in [-0.2, -0.15) is 13.2 Å². The zero-order chi connectivity index (χ0) is 17.0. The summed E-state index contributed by atoms with van der Waals surface area (Å²) < 4.78 is 39.7. The molecule has 0 bridgehead atoms. The number of halogens is 3. The molecular formula is C18H17F3N2. The average molecular weight is 318 g/mol. The molecule has 0 unspecified atom stereocenters. The van der Waals surface area contributed by atoms with Crippen LogP contribution in [-0.2, 0) is 6.18 Å².